The number of benzene rings is 7. The molecule has 278 valence electrons. The van der Waals surface area contributed by atoms with Crippen molar-refractivity contribution in [2.75, 3.05) is 9.80 Å². The van der Waals surface area contributed by atoms with Gasteiger partial charge in [-0.15, -0.1) is 0 Å². The highest BCUT2D eigenvalue weighted by Crippen LogP contribution is 2.37. The van der Waals surface area contributed by atoms with E-state index in [1.807, 2.05) is 149 Å². The van der Waals surface area contributed by atoms with Crippen LogP contribution in [-0.2, 0) is 0 Å². The summed E-state index contributed by atoms with van der Waals surface area (Å²) in [6, 6.07) is 47.4. The standard InChI is InChI=1S/C50H40F4N2/c1-33-5-19-39(20-6-33)55(40-21-7-34(2)8-22-40)43-27-13-37(14-28-43)17-31-45-47(51)49(53)46(50(54)48(45)52)32-18-38-15-29-44(30-16-38)56(41-23-9-35(3)10-24-41)42-25-11-36(4)12-26-42/h5-32H,1-4H3/b31-17+,32-18+. The Morgan fingerprint density at radius 2 is 0.482 bits per heavy atom. The molecule has 56 heavy (non-hydrogen) atoms. The van der Waals surface area contributed by atoms with Crippen LogP contribution in [0.1, 0.15) is 44.5 Å². The van der Waals surface area contributed by atoms with Crippen LogP contribution >= 0.6 is 0 Å². The van der Waals surface area contributed by atoms with Gasteiger partial charge in [0.05, 0.1) is 11.1 Å². The maximum Gasteiger partial charge on any atom is 0.169 e. The molecule has 0 spiro atoms. The number of hydrogen-bond donors (Lipinski definition) is 0. The molecule has 0 aliphatic carbocycles. The lowest BCUT2D eigenvalue weighted by Gasteiger charge is -2.26. The molecule has 0 saturated heterocycles. The molecule has 0 amide bonds. The van der Waals surface area contributed by atoms with E-state index in [0.29, 0.717) is 11.1 Å². The van der Waals surface area contributed by atoms with E-state index in [2.05, 4.69) is 9.80 Å². The van der Waals surface area contributed by atoms with Crippen LogP contribution in [0.25, 0.3) is 24.3 Å². The first-order valence-corrected chi connectivity index (χ1v) is 18.3. The first-order chi connectivity index (χ1) is 27.0. The first-order valence-electron chi connectivity index (χ1n) is 18.3. The van der Waals surface area contributed by atoms with E-state index >= 15 is 17.6 Å². The molecule has 0 aliphatic rings. The van der Waals surface area contributed by atoms with Gasteiger partial charge in [-0.25, -0.2) is 17.6 Å². The van der Waals surface area contributed by atoms with E-state index in [4.69, 9.17) is 0 Å². The highest BCUT2D eigenvalue weighted by atomic mass is 19.2. The predicted molar refractivity (Wildman–Crippen MR) is 225 cm³/mol. The molecule has 6 heteroatoms. The van der Waals surface area contributed by atoms with E-state index in [-0.39, 0.29) is 0 Å². The van der Waals surface area contributed by atoms with Crippen LogP contribution in [0.4, 0.5) is 51.7 Å². The fourth-order valence-electron chi connectivity index (χ4n) is 6.46. The first kappa shape index (κ1) is 37.6. The molecule has 0 N–H and O–H groups in total. The average molecular weight is 745 g/mol. The Kier molecular flexibility index (Phi) is 11.0. The SMILES string of the molecule is Cc1ccc(N(c2ccc(C)cc2)c2ccc(/C=C/c3c(F)c(F)c(/C=C/c4ccc(N(c5ccc(C)cc5)c5ccc(C)cc5)cc4)c(F)c3F)cc2)cc1. The summed E-state index contributed by atoms with van der Waals surface area (Å²) in [5.74, 6) is -5.88. The summed E-state index contributed by atoms with van der Waals surface area (Å²) >= 11 is 0. The smallest absolute Gasteiger partial charge is 0.169 e. The summed E-state index contributed by atoms with van der Waals surface area (Å²) in [5.41, 5.74) is 9.75. The van der Waals surface area contributed by atoms with Crippen LogP contribution < -0.4 is 9.80 Å². The zero-order valence-corrected chi connectivity index (χ0v) is 31.6. The van der Waals surface area contributed by atoms with Crippen molar-refractivity contribution in [1.29, 1.82) is 0 Å². The van der Waals surface area contributed by atoms with Gasteiger partial charge in [-0.05, 0) is 124 Å². The van der Waals surface area contributed by atoms with Crippen molar-refractivity contribution >= 4 is 58.4 Å². The Bertz CT molecular complexity index is 2200. The van der Waals surface area contributed by atoms with Crippen molar-refractivity contribution in [3.8, 4) is 0 Å². The van der Waals surface area contributed by atoms with Gasteiger partial charge in [-0.1, -0.05) is 107 Å². The highest BCUT2D eigenvalue weighted by molar-refractivity contribution is 5.80. The van der Waals surface area contributed by atoms with Crippen LogP contribution in [-0.4, -0.2) is 0 Å². The summed E-state index contributed by atoms with van der Waals surface area (Å²) in [6.07, 6.45) is 4.98. The Morgan fingerprint density at radius 3 is 0.696 bits per heavy atom. The fraction of sp³-hybridized carbons (Fsp3) is 0.0800. The lowest BCUT2D eigenvalue weighted by molar-refractivity contribution is 0.448. The fourth-order valence-corrected chi connectivity index (χ4v) is 6.46. The van der Waals surface area contributed by atoms with Gasteiger partial charge >= 0.3 is 0 Å². The molecule has 0 radical (unpaired) electrons. The minimum Gasteiger partial charge on any atom is -0.311 e. The molecule has 0 saturated carbocycles. The number of rotatable bonds is 10. The van der Waals surface area contributed by atoms with Gasteiger partial charge in [0.2, 0.25) is 0 Å². The molecule has 7 rings (SSSR count). The predicted octanol–water partition coefficient (Wildman–Crippen LogP) is 14.8. The zero-order chi connectivity index (χ0) is 39.3. The third-order valence-electron chi connectivity index (χ3n) is 9.69. The Balaban J connectivity index is 1.11. The monoisotopic (exact) mass is 744 g/mol. The topological polar surface area (TPSA) is 6.48 Å². The van der Waals surface area contributed by atoms with E-state index < -0.39 is 34.4 Å². The number of halogens is 4. The summed E-state index contributed by atoms with van der Waals surface area (Å²) in [4.78, 5) is 4.20. The van der Waals surface area contributed by atoms with Crippen LogP contribution in [0.5, 0.6) is 0 Å². The van der Waals surface area contributed by atoms with E-state index in [1.54, 1.807) is 24.3 Å². The lowest BCUT2D eigenvalue weighted by atomic mass is 10.0. The molecule has 2 nitrogen and oxygen atoms in total. The average Bonchev–Trinajstić information content (AvgIpc) is 3.21. The molecule has 7 aromatic rings. The third-order valence-corrected chi connectivity index (χ3v) is 9.69. The van der Waals surface area contributed by atoms with Crippen molar-refractivity contribution in [2.24, 2.45) is 0 Å². The van der Waals surface area contributed by atoms with Crippen molar-refractivity contribution in [2.45, 2.75) is 27.7 Å². The molecular formula is C50H40F4N2. The second-order valence-corrected chi connectivity index (χ2v) is 13.9. The molecule has 0 aliphatic heterocycles. The maximum absolute atomic E-state index is 15.4. The van der Waals surface area contributed by atoms with Gasteiger partial charge in [0.1, 0.15) is 0 Å². The van der Waals surface area contributed by atoms with Gasteiger partial charge in [-0.2, -0.15) is 0 Å². The van der Waals surface area contributed by atoms with Gasteiger partial charge in [0, 0.05) is 34.1 Å². The van der Waals surface area contributed by atoms with Crippen molar-refractivity contribution in [1.82, 2.24) is 0 Å². The summed E-state index contributed by atoms with van der Waals surface area (Å²) in [6.45, 7) is 8.12. The van der Waals surface area contributed by atoms with Crippen LogP contribution in [0.2, 0.25) is 0 Å². The summed E-state index contributed by atoms with van der Waals surface area (Å²) in [5, 5.41) is 0. The summed E-state index contributed by atoms with van der Waals surface area (Å²) < 4.78 is 61.5. The van der Waals surface area contributed by atoms with Gasteiger partial charge in [0.25, 0.3) is 0 Å². The Hall–Kier alpha value is -6.66. The second-order valence-electron chi connectivity index (χ2n) is 13.9. The number of hydrogen-bond acceptors (Lipinski definition) is 2. The van der Waals surface area contributed by atoms with Gasteiger partial charge in [0.15, 0.2) is 23.3 Å². The molecule has 0 aromatic heterocycles. The normalized spacial score (nSPS) is 11.4. The molecule has 0 heterocycles. The van der Waals surface area contributed by atoms with Gasteiger partial charge < -0.3 is 9.80 Å². The van der Waals surface area contributed by atoms with E-state index in [1.165, 1.54) is 12.2 Å². The van der Waals surface area contributed by atoms with Crippen LogP contribution in [0, 0.1) is 51.0 Å². The lowest BCUT2D eigenvalue weighted by Crippen LogP contribution is -2.09. The highest BCUT2D eigenvalue weighted by Gasteiger charge is 2.23. The third kappa shape index (κ3) is 8.20. The number of aryl methyl sites for hydroxylation is 4. The Labute approximate surface area is 325 Å². The minimum atomic E-state index is -1.47. The second kappa shape index (κ2) is 16.4. The minimum absolute atomic E-state index is 0.594. The molecule has 0 atom stereocenters. The summed E-state index contributed by atoms with van der Waals surface area (Å²) in [7, 11) is 0. The molecule has 0 unspecified atom stereocenters. The molecule has 0 bridgehead atoms. The maximum atomic E-state index is 15.4. The largest absolute Gasteiger partial charge is 0.311 e. The van der Waals surface area contributed by atoms with Crippen molar-refractivity contribution in [3.05, 3.63) is 213 Å². The molecule has 0 fully saturated rings. The van der Waals surface area contributed by atoms with E-state index in [0.717, 1.165) is 68.5 Å². The van der Waals surface area contributed by atoms with Crippen molar-refractivity contribution < 1.29 is 17.6 Å². The Morgan fingerprint density at radius 1 is 0.286 bits per heavy atom. The van der Waals surface area contributed by atoms with Gasteiger partial charge in [-0.3, -0.25) is 0 Å². The quantitative estimate of drug-likeness (QED) is 0.0782. The zero-order valence-electron chi connectivity index (χ0n) is 31.6. The molecular weight excluding hydrogens is 705 g/mol. The number of nitrogens with zero attached hydrogens (tertiary/aromatic N) is 2. The van der Waals surface area contributed by atoms with Crippen molar-refractivity contribution in [3.63, 3.8) is 0 Å². The molecule has 7 aromatic carbocycles. The van der Waals surface area contributed by atoms with Crippen LogP contribution in [0.3, 0.4) is 0 Å². The van der Waals surface area contributed by atoms with E-state index in [9.17, 15) is 0 Å². The number of anilines is 6. The van der Waals surface area contributed by atoms with Crippen LogP contribution in [0.15, 0.2) is 146 Å².